The lowest BCUT2D eigenvalue weighted by Gasteiger charge is -2.31. The highest BCUT2D eigenvalue weighted by atomic mass is 32.2. The number of aromatic nitrogens is 1. The molecule has 0 atom stereocenters. The van der Waals surface area contributed by atoms with Gasteiger partial charge in [0.15, 0.2) is 0 Å². The molecule has 3 heterocycles. The molecule has 1 aliphatic rings. The quantitative estimate of drug-likeness (QED) is 0.250. The SMILES string of the molecule is N#C/C(=C\c1ccc(N2c3ccccc3Sc3ccccc32)s1)c1nccc2ccccc12. The van der Waals surface area contributed by atoms with Crippen LogP contribution in [0.3, 0.4) is 0 Å². The van der Waals surface area contributed by atoms with Crippen molar-refractivity contribution in [3.05, 3.63) is 108 Å². The highest BCUT2D eigenvalue weighted by Gasteiger charge is 2.25. The Labute approximate surface area is 200 Å². The largest absolute Gasteiger partial charge is 0.300 e. The average Bonchev–Trinajstić information content (AvgIpc) is 3.33. The van der Waals surface area contributed by atoms with Crippen molar-refractivity contribution in [3.63, 3.8) is 0 Å². The van der Waals surface area contributed by atoms with Gasteiger partial charge in [-0.3, -0.25) is 9.88 Å². The molecule has 6 rings (SSSR count). The molecule has 156 valence electrons. The van der Waals surface area contributed by atoms with E-state index in [1.807, 2.05) is 36.4 Å². The van der Waals surface area contributed by atoms with Crippen LogP contribution in [0.5, 0.6) is 0 Å². The molecular weight excluding hydrogens is 442 g/mol. The maximum absolute atomic E-state index is 9.95. The van der Waals surface area contributed by atoms with E-state index in [4.69, 9.17) is 0 Å². The number of para-hydroxylation sites is 2. The van der Waals surface area contributed by atoms with Gasteiger partial charge in [-0.25, -0.2) is 0 Å². The number of hydrogen-bond donors (Lipinski definition) is 0. The second kappa shape index (κ2) is 8.25. The molecule has 0 unspecified atom stereocenters. The molecule has 5 aromatic rings. The van der Waals surface area contributed by atoms with Crippen molar-refractivity contribution < 1.29 is 0 Å². The molecule has 0 bridgehead atoms. The van der Waals surface area contributed by atoms with Crippen LogP contribution in [-0.4, -0.2) is 4.98 Å². The second-order valence-electron chi connectivity index (χ2n) is 7.60. The zero-order chi connectivity index (χ0) is 22.2. The van der Waals surface area contributed by atoms with E-state index in [1.165, 1.54) is 21.2 Å². The Morgan fingerprint density at radius 2 is 1.52 bits per heavy atom. The van der Waals surface area contributed by atoms with Gasteiger partial charge in [0.25, 0.3) is 0 Å². The van der Waals surface area contributed by atoms with Crippen LogP contribution in [0.15, 0.2) is 107 Å². The molecule has 0 fully saturated rings. The number of hydrogen-bond acceptors (Lipinski definition) is 5. The third kappa shape index (κ3) is 3.50. The fourth-order valence-electron chi connectivity index (χ4n) is 4.11. The van der Waals surface area contributed by atoms with E-state index in [-0.39, 0.29) is 0 Å². The van der Waals surface area contributed by atoms with E-state index in [9.17, 15) is 5.26 Å². The summed E-state index contributed by atoms with van der Waals surface area (Å²) in [4.78, 5) is 10.3. The summed E-state index contributed by atoms with van der Waals surface area (Å²) < 4.78 is 0. The Balaban J connectivity index is 1.44. The van der Waals surface area contributed by atoms with Crippen LogP contribution in [0, 0.1) is 11.3 Å². The van der Waals surface area contributed by atoms with Crippen molar-refractivity contribution in [3.8, 4) is 6.07 Å². The fourth-order valence-corrected chi connectivity index (χ4v) is 6.15. The van der Waals surface area contributed by atoms with Crippen LogP contribution < -0.4 is 4.90 Å². The maximum Gasteiger partial charge on any atom is 0.101 e. The van der Waals surface area contributed by atoms with Gasteiger partial charge in [0, 0.05) is 26.3 Å². The molecule has 1 aliphatic heterocycles. The predicted molar refractivity (Wildman–Crippen MR) is 138 cm³/mol. The normalized spacial score (nSPS) is 12.8. The summed E-state index contributed by atoms with van der Waals surface area (Å²) in [5.41, 5.74) is 3.63. The van der Waals surface area contributed by atoms with Crippen LogP contribution in [-0.2, 0) is 0 Å². The molecular formula is C28H17N3S2. The van der Waals surface area contributed by atoms with Gasteiger partial charge in [-0.2, -0.15) is 5.26 Å². The summed E-state index contributed by atoms with van der Waals surface area (Å²) in [5, 5.41) is 13.1. The van der Waals surface area contributed by atoms with E-state index in [0.29, 0.717) is 5.57 Å². The average molecular weight is 460 g/mol. The summed E-state index contributed by atoms with van der Waals surface area (Å²) in [6.07, 6.45) is 3.71. The van der Waals surface area contributed by atoms with Crippen molar-refractivity contribution in [2.45, 2.75) is 9.79 Å². The molecule has 3 aromatic carbocycles. The lowest BCUT2D eigenvalue weighted by molar-refractivity contribution is 1.18. The van der Waals surface area contributed by atoms with E-state index >= 15 is 0 Å². The zero-order valence-corrected chi connectivity index (χ0v) is 19.1. The topological polar surface area (TPSA) is 39.9 Å². The minimum Gasteiger partial charge on any atom is -0.300 e. The number of rotatable bonds is 3. The molecule has 33 heavy (non-hydrogen) atoms. The number of fused-ring (bicyclic) bond motifs is 3. The maximum atomic E-state index is 9.95. The Morgan fingerprint density at radius 1 is 0.818 bits per heavy atom. The summed E-state index contributed by atoms with van der Waals surface area (Å²) in [6.45, 7) is 0. The Morgan fingerprint density at radius 3 is 2.27 bits per heavy atom. The predicted octanol–water partition coefficient (Wildman–Crippen LogP) is 8.29. The summed E-state index contributed by atoms with van der Waals surface area (Å²) >= 11 is 3.47. The Bertz CT molecular complexity index is 1520. The van der Waals surface area contributed by atoms with Gasteiger partial charge in [-0.05, 0) is 53.9 Å². The minimum absolute atomic E-state index is 0.565. The van der Waals surface area contributed by atoms with Gasteiger partial charge in [0.2, 0.25) is 0 Å². The van der Waals surface area contributed by atoms with E-state index in [2.05, 4.69) is 76.6 Å². The zero-order valence-electron chi connectivity index (χ0n) is 17.5. The third-order valence-electron chi connectivity index (χ3n) is 5.60. The van der Waals surface area contributed by atoms with Crippen LogP contribution in [0.4, 0.5) is 16.4 Å². The molecule has 0 N–H and O–H groups in total. The standard InChI is InChI=1S/C28H17N3S2/c29-18-20(28-22-8-2-1-7-19(22)15-16-30-28)17-21-13-14-27(32-21)31-23-9-3-5-11-25(23)33-26-12-6-4-10-24(26)31/h1-17H/b20-17+. The number of anilines is 3. The number of thiophene rings is 1. The molecule has 0 radical (unpaired) electrons. The monoisotopic (exact) mass is 459 g/mol. The van der Waals surface area contributed by atoms with Crippen LogP contribution in [0.1, 0.15) is 10.6 Å². The van der Waals surface area contributed by atoms with Gasteiger partial charge >= 0.3 is 0 Å². The lowest BCUT2D eigenvalue weighted by atomic mass is 10.0. The highest BCUT2D eigenvalue weighted by molar-refractivity contribution is 7.99. The number of allylic oxidation sites excluding steroid dienone is 1. The van der Waals surface area contributed by atoms with Crippen molar-refractivity contribution >= 4 is 61.9 Å². The molecule has 5 heteroatoms. The van der Waals surface area contributed by atoms with Crippen molar-refractivity contribution in [2.75, 3.05) is 4.90 Å². The van der Waals surface area contributed by atoms with Crippen molar-refractivity contribution in [2.24, 2.45) is 0 Å². The van der Waals surface area contributed by atoms with Gasteiger partial charge in [-0.15, -0.1) is 11.3 Å². The van der Waals surface area contributed by atoms with E-state index < -0.39 is 0 Å². The number of pyridine rings is 1. The highest BCUT2D eigenvalue weighted by Crippen LogP contribution is 2.52. The minimum atomic E-state index is 0.565. The Kier molecular flexibility index (Phi) is 4.95. The summed E-state index contributed by atoms with van der Waals surface area (Å²) in [7, 11) is 0. The number of benzene rings is 3. The lowest BCUT2D eigenvalue weighted by Crippen LogP contribution is -2.13. The summed E-state index contributed by atoms with van der Waals surface area (Å²) in [6, 6.07) is 33.6. The second-order valence-corrected chi connectivity index (χ2v) is 9.78. The molecule has 0 aliphatic carbocycles. The molecule has 2 aromatic heterocycles. The number of nitriles is 1. The van der Waals surface area contributed by atoms with Crippen molar-refractivity contribution in [1.82, 2.24) is 4.98 Å². The molecule has 0 saturated carbocycles. The summed E-state index contributed by atoms with van der Waals surface area (Å²) in [5.74, 6) is 0. The van der Waals surface area contributed by atoms with Crippen molar-refractivity contribution in [1.29, 1.82) is 5.26 Å². The van der Waals surface area contributed by atoms with E-state index in [0.717, 1.165) is 26.3 Å². The molecule has 0 spiro atoms. The smallest absolute Gasteiger partial charge is 0.101 e. The fraction of sp³-hybridized carbons (Fsp3) is 0. The molecule has 3 nitrogen and oxygen atoms in total. The third-order valence-corrected chi connectivity index (χ3v) is 7.75. The van der Waals surface area contributed by atoms with Crippen LogP contribution in [0.2, 0.25) is 0 Å². The first-order valence-electron chi connectivity index (χ1n) is 10.5. The van der Waals surface area contributed by atoms with E-state index in [1.54, 1.807) is 29.3 Å². The number of nitrogens with zero attached hydrogens (tertiary/aromatic N) is 3. The molecule has 0 saturated heterocycles. The van der Waals surface area contributed by atoms with Gasteiger partial charge in [0.05, 0.1) is 22.6 Å². The van der Waals surface area contributed by atoms with Gasteiger partial charge in [-0.1, -0.05) is 60.3 Å². The van der Waals surface area contributed by atoms with Crippen LogP contribution >= 0.6 is 23.1 Å². The van der Waals surface area contributed by atoms with Crippen LogP contribution in [0.25, 0.3) is 22.4 Å². The first-order chi connectivity index (χ1) is 16.3. The van der Waals surface area contributed by atoms with Gasteiger partial charge < -0.3 is 0 Å². The molecule has 0 amide bonds. The Hall–Kier alpha value is -3.85. The van der Waals surface area contributed by atoms with Gasteiger partial charge in [0.1, 0.15) is 11.1 Å². The first kappa shape index (κ1) is 19.8. The first-order valence-corrected chi connectivity index (χ1v) is 12.2.